The molecule has 1 aromatic carbocycles. The summed E-state index contributed by atoms with van der Waals surface area (Å²) >= 11 is 3.62. The zero-order chi connectivity index (χ0) is 13.2. The minimum atomic E-state index is -0.0451. The maximum atomic E-state index is 12.1. The van der Waals surface area contributed by atoms with E-state index in [0.29, 0.717) is 27.8 Å². The molecule has 4 nitrogen and oxygen atoms in total. The zero-order valence-corrected chi connectivity index (χ0v) is 12.1. The molecule has 1 heterocycles. The third kappa shape index (κ3) is 2.86. The maximum Gasteiger partial charge on any atom is 0.251 e. The van der Waals surface area contributed by atoms with Gasteiger partial charge in [-0.15, -0.1) is 0 Å². The molecular weight excluding hydrogens is 310 g/mol. The van der Waals surface area contributed by atoms with Crippen LogP contribution >= 0.6 is 15.9 Å². The van der Waals surface area contributed by atoms with Crippen LogP contribution in [0.15, 0.2) is 18.2 Å². The molecule has 2 unspecified atom stereocenters. The lowest BCUT2D eigenvalue weighted by molar-refractivity contribution is 0.0947. The van der Waals surface area contributed by atoms with E-state index in [0.717, 1.165) is 13.0 Å². The summed E-state index contributed by atoms with van der Waals surface area (Å²) in [5.41, 5.74) is 0.623. The average molecular weight is 326 g/mol. The van der Waals surface area contributed by atoms with E-state index >= 15 is 0 Å². The number of carbonyl (C=O) groups excluding carboxylic acids is 1. The van der Waals surface area contributed by atoms with Crippen molar-refractivity contribution in [2.75, 3.05) is 13.3 Å². The third-order valence-electron chi connectivity index (χ3n) is 3.66. The summed E-state index contributed by atoms with van der Waals surface area (Å²) in [5.74, 6) is 1.89. The van der Waals surface area contributed by atoms with Gasteiger partial charge >= 0.3 is 0 Å². The Morgan fingerprint density at radius 3 is 2.95 bits per heavy atom. The van der Waals surface area contributed by atoms with E-state index in [2.05, 4.69) is 21.2 Å². The van der Waals surface area contributed by atoms with Gasteiger partial charge in [0.2, 0.25) is 6.79 Å². The Bertz CT molecular complexity index is 492. The number of rotatable bonds is 3. The molecule has 1 saturated carbocycles. The van der Waals surface area contributed by atoms with Gasteiger partial charge in [-0.05, 0) is 43.4 Å². The van der Waals surface area contributed by atoms with E-state index < -0.39 is 0 Å². The minimum absolute atomic E-state index is 0.0451. The van der Waals surface area contributed by atoms with E-state index in [-0.39, 0.29) is 12.7 Å². The van der Waals surface area contributed by atoms with Crippen LogP contribution < -0.4 is 14.8 Å². The van der Waals surface area contributed by atoms with Crippen molar-refractivity contribution in [2.45, 2.75) is 24.1 Å². The highest BCUT2D eigenvalue weighted by molar-refractivity contribution is 9.09. The van der Waals surface area contributed by atoms with Crippen LogP contribution in [-0.2, 0) is 0 Å². The molecule has 0 spiro atoms. The van der Waals surface area contributed by atoms with Crippen molar-refractivity contribution < 1.29 is 14.3 Å². The second-order valence-corrected chi connectivity index (χ2v) is 6.35. The molecular formula is C14H16BrNO3. The molecule has 2 aliphatic rings. The Balaban J connectivity index is 1.58. The van der Waals surface area contributed by atoms with Gasteiger partial charge in [0.1, 0.15) is 0 Å². The molecule has 3 rings (SSSR count). The van der Waals surface area contributed by atoms with Gasteiger partial charge in [-0.2, -0.15) is 0 Å². The summed E-state index contributed by atoms with van der Waals surface area (Å²) in [6.07, 6.45) is 3.52. The molecule has 1 N–H and O–H groups in total. The fraction of sp³-hybridized carbons (Fsp3) is 0.500. The Morgan fingerprint density at radius 1 is 1.32 bits per heavy atom. The molecule has 0 radical (unpaired) electrons. The molecule has 102 valence electrons. The second kappa shape index (κ2) is 5.41. The number of hydrogen-bond donors (Lipinski definition) is 1. The number of halogens is 1. The highest BCUT2D eigenvalue weighted by atomic mass is 79.9. The first-order chi connectivity index (χ1) is 9.22. The van der Waals surface area contributed by atoms with E-state index in [1.54, 1.807) is 18.2 Å². The number of benzene rings is 1. The summed E-state index contributed by atoms with van der Waals surface area (Å²) < 4.78 is 10.5. The van der Waals surface area contributed by atoms with Crippen LogP contribution in [0.25, 0.3) is 0 Å². The lowest BCUT2D eigenvalue weighted by atomic mass is 10.1. The van der Waals surface area contributed by atoms with Crippen molar-refractivity contribution >= 4 is 21.8 Å². The average Bonchev–Trinajstić information content (AvgIpc) is 3.03. The number of hydrogen-bond acceptors (Lipinski definition) is 3. The molecule has 1 aromatic rings. The molecule has 2 atom stereocenters. The predicted octanol–water partition coefficient (Wildman–Crippen LogP) is 2.71. The number of amides is 1. The molecule has 0 bridgehead atoms. The van der Waals surface area contributed by atoms with Crippen molar-refractivity contribution in [3.8, 4) is 11.5 Å². The van der Waals surface area contributed by atoms with E-state index in [9.17, 15) is 4.79 Å². The fourth-order valence-electron chi connectivity index (χ4n) is 2.58. The van der Waals surface area contributed by atoms with E-state index in [4.69, 9.17) is 9.47 Å². The first-order valence-electron chi connectivity index (χ1n) is 6.54. The number of nitrogens with one attached hydrogen (secondary N) is 1. The molecule has 5 heteroatoms. The first-order valence-corrected chi connectivity index (χ1v) is 7.46. The van der Waals surface area contributed by atoms with Crippen LogP contribution in [0.5, 0.6) is 11.5 Å². The summed E-state index contributed by atoms with van der Waals surface area (Å²) in [5, 5.41) is 3.00. The molecule has 1 fully saturated rings. The molecule has 1 aliphatic heterocycles. The molecule has 0 aromatic heterocycles. The summed E-state index contributed by atoms with van der Waals surface area (Å²) in [4.78, 5) is 12.7. The monoisotopic (exact) mass is 325 g/mol. The Morgan fingerprint density at radius 2 is 2.16 bits per heavy atom. The van der Waals surface area contributed by atoms with Gasteiger partial charge in [-0.25, -0.2) is 0 Å². The van der Waals surface area contributed by atoms with Crippen molar-refractivity contribution in [3.05, 3.63) is 23.8 Å². The van der Waals surface area contributed by atoms with E-state index in [1.165, 1.54) is 12.8 Å². The SMILES string of the molecule is O=C(NCC1CCC(Br)C1)c1ccc2c(c1)OCO2. The van der Waals surface area contributed by atoms with Crippen molar-refractivity contribution in [3.63, 3.8) is 0 Å². The second-order valence-electron chi connectivity index (χ2n) is 5.05. The van der Waals surface area contributed by atoms with Gasteiger partial charge < -0.3 is 14.8 Å². The van der Waals surface area contributed by atoms with Crippen LogP contribution in [0.1, 0.15) is 29.6 Å². The summed E-state index contributed by atoms with van der Waals surface area (Å²) in [6, 6.07) is 5.28. The van der Waals surface area contributed by atoms with Gasteiger partial charge in [0.05, 0.1) is 0 Å². The third-order valence-corrected chi connectivity index (χ3v) is 4.49. The van der Waals surface area contributed by atoms with Crippen LogP contribution in [0.3, 0.4) is 0 Å². The first kappa shape index (κ1) is 12.8. The van der Waals surface area contributed by atoms with Gasteiger partial charge in [0, 0.05) is 16.9 Å². The number of carbonyl (C=O) groups is 1. The highest BCUT2D eigenvalue weighted by Gasteiger charge is 2.23. The fourth-order valence-corrected chi connectivity index (χ4v) is 3.37. The van der Waals surface area contributed by atoms with Gasteiger partial charge in [-0.1, -0.05) is 15.9 Å². The molecule has 0 saturated heterocycles. The van der Waals surface area contributed by atoms with Crippen molar-refractivity contribution in [1.82, 2.24) is 5.32 Å². The van der Waals surface area contributed by atoms with Crippen molar-refractivity contribution in [2.24, 2.45) is 5.92 Å². The van der Waals surface area contributed by atoms with Crippen LogP contribution in [0.4, 0.5) is 0 Å². The largest absolute Gasteiger partial charge is 0.454 e. The Kier molecular flexibility index (Phi) is 3.64. The van der Waals surface area contributed by atoms with Crippen molar-refractivity contribution in [1.29, 1.82) is 0 Å². The Labute approximate surface area is 120 Å². The topological polar surface area (TPSA) is 47.6 Å². The molecule has 19 heavy (non-hydrogen) atoms. The number of ether oxygens (including phenoxy) is 2. The number of alkyl halides is 1. The summed E-state index contributed by atoms with van der Waals surface area (Å²) in [7, 11) is 0. The standard InChI is InChI=1S/C14H16BrNO3/c15-11-3-1-9(5-11)7-16-14(17)10-2-4-12-13(6-10)19-8-18-12/h2,4,6,9,11H,1,3,5,7-8H2,(H,16,17). The summed E-state index contributed by atoms with van der Waals surface area (Å²) in [6.45, 7) is 0.977. The zero-order valence-electron chi connectivity index (χ0n) is 10.5. The van der Waals surface area contributed by atoms with Gasteiger partial charge in [0.15, 0.2) is 11.5 Å². The molecule has 1 aliphatic carbocycles. The number of fused-ring (bicyclic) bond motifs is 1. The maximum absolute atomic E-state index is 12.1. The lowest BCUT2D eigenvalue weighted by Crippen LogP contribution is -2.28. The highest BCUT2D eigenvalue weighted by Crippen LogP contribution is 2.33. The van der Waals surface area contributed by atoms with Gasteiger partial charge in [-0.3, -0.25) is 4.79 Å². The normalized spacial score (nSPS) is 24.5. The van der Waals surface area contributed by atoms with Crippen LogP contribution in [-0.4, -0.2) is 24.1 Å². The van der Waals surface area contributed by atoms with Crippen LogP contribution in [0, 0.1) is 5.92 Å². The Hall–Kier alpha value is -1.23. The molecule has 1 amide bonds. The lowest BCUT2D eigenvalue weighted by Gasteiger charge is -2.11. The van der Waals surface area contributed by atoms with Crippen LogP contribution in [0.2, 0.25) is 0 Å². The minimum Gasteiger partial charge on any atom is -0.454 e. The van der Waals surface area contributed by atoms with E-state index in [1.807, 2.05) is 0 Å². The predicted molar refractivity (Wildman–Crippen MR) is 75.0 cm³/mol. The smallest absolute Gasteiger partial charge is 0.251 e. The quantitative estimate of drug-likeness (QED) is 0.869. The van der Waals surface area contributed by atoms with Gasteiger partial charge in [0.25, 0.3) is 5.91 Å².